The van der Waals surface area contributed by atoms with E-state index in [4.69, 9.17) is 0 Å². The maximum absolute atomic E-state index is 11.6. The summed E-state index contributed by atoms with van der Waals surface area (Å²) in [5, 5.41) is 32.6. The quantitative estimate of drug-likeness (QED) is 0.546. The summed E-state index contributed by atoms with van der Waals surface area (Å²) < 4.78 is 0. The fraction of sp³-hybridized carbons (Fsp3) is 1.00. The second kappa shape index (κ2) is 8.03. The van der Waals surface area contributed by atoms with Crippen LogP contribution >= 0.6 is 0 Å². The Morgan fingerprint density at radius 3 is 2.27 bits per heavy atom. The molecule has 0 amide bonds. The maximum Gasteiger partial charge on any atom is 0.109 e. The van der Waals surface area contributed by atoms with Crippen molar-refractivity contribution in [2.24, 2.45) is 46.3 Å². The highest BCUT2D eigenvalue weighted by molar-refractivity contribution is 5.16. The van der Waals surface area contributed by atoms with Gasteiger partial charge in [-0.3, -0.25) is 0 Å². The van der Waals surface area contributed by atoms with Gasteiger partial charge in [0.25, 0.3) is 0 Å². The average molecular weight is 421 g/mol. The van der Waals surface area contributed by atoms with Gasteiger partial charge >= 0.3 is 0 Å². The van der Waals surface area contributed by atoms with Gasteiger partial charge in [0.1, 0.15) is 6.10 Å². The summed E-state index contributed by atoms with van der Waals surface area (Å²) in [6, 6.07) is 0. The lowest BCUT2D eigenvalue weighted by molar-refractivity contribution is -0.267. The van der Waals surface area contributed by atoms with Gasteiger partial charge in [-0.15, -0.1) is 0 Å². The Kier molecular flexibility index (Phi) is 6.17. The summed E-state index contributed by atoms with van der Waals surface area (Å²) in [5.74, 6) is 4.43. The molecule has 4 saturated carbocycles. The third-order valence-corrected chi connectivity index (χ3v) is 11.1. The van der Waals surface area contributed by atoms with E-state index in [9.17, 15) is 15.3 Å². The van der Waals surface area contributed by atoms with Gasteiger partial charge in [-0.2, -0.15) is 0 Å². The SMILES string of the molecule is CC(C)CCC[C@@H](C)[C@H]1CC[C@H]2[C@@H]3CCC4(O)C(O)C(O)CC[C@]4(C)[C@H]3CC[C@]12C. The third kappa shape index (κ3) is 3.32. The van der Waals surface area contributed by atoms with Crippen molar-refractivity contribution in [2.75, 3.05) is 0 Å². The zero-order valence-electron chi connectivity index (χ0n) is 20.2. The van der Waals surface area contributed by atoms with Gasteiger partial charge in [0.15, 0.2) is 0 Å². The molecule has 0 bridgehead atoms. The lowest BCUT2D eigenvalue weighted by Crippen LogP contribution is -2.69. The number of hydrogen-bond donors (Lipinski definition) is 3. The minimum absolute atomic E-state index is 0.253. The van der Waals surface area contributed by atoms with Crippen molar-refractivity contribution in [3.8, 4) is 0 Å². The predicted octanol–water partition coefficient (Wildman–Crippen LogP) is 5.55. The zero-order chi connectivity index (χ0) is 21.9. The monoisotopic (exact) mass is 420 g/mol. The zero-order valence-corrected chi connectivity index (χ0v) is 20.2. The van der Waals surface area contributed by atoms with Crippen LogP contribution in [0.2, 0.25) is 0 Å². The molecule has 3 heteroatoms. The topological polar surface area (TPSA) is 60.7 Å². The molecular formula is C27H48O3. The minimum Gasteiger partial charge on any atom is -0.390 e. The number of hydrogen-bond acceptors (Lipinski definition) is 3. The molecule has 0 aliphatic heterocycles. The van der Waals surface area contributed by atoms with Crippen molar-refractivity contribution >= 4 is 0 Å². The normalized spacial score (nSPS) is 51.9. The van der Waals surface area contributed by atoms with E-state index in [1.54, 1.807) is 0 Å². The van der Waals surface area contributed by atoms with Crippen LogP contribution in [0, 0.1) is 46.3 Å². The Hall–Kier alpha value is -0.120. The Morgan fingerprint density at radius 2 is 1.57 bits per heavy atom. The molecule has 0 saturated heterocycles. The van der Waals surface area contributed by atoms with Gasteiger partial charge in [0.2, 0.25) is 0 Å². The molecule has 0 aromatic rings. The Morgan fingerprint density at radius 1 is 0.833 bits per heavy atom. The van der Waals surface area contributed by atoms with Crippen LogP contribution in [0.1, 0.15) is 105 Å². The van der Waals surface area contributed by atoms with Gasteiger partial charge in [-0.25, -0.2) is 0 Å². The average Bonchev–Trinajstić information content (AvgIpc) is 3.04. The second-order valence-electron chi connectivity index (χ2n) is 12.8. The number of aliphatic hydroxyl groups excluding tert-OH is 2. The van der Waals surface area contributed by atoms with Gasteiger partial charge in [0, 0.05) is 5.41 Å². The van der Waals surface area contributed by atoms with Crippen LogP contribution in [0.15, 0.2) is 0 Å². The minimum atomic E-state index is -1.11. The first-order chi connectivity index (χ1) is 14.0. The van der Waals surface area contributed by atoms with Crippen LogP contribution < -0.4 is 0 Å². The van der Waals surface area contributed by atoms with E-state index in [1.807, 2.05) is 0 Å². The molecule has 174 valence electrons. The van der Waals surface area contributed by atoms with Crippen molar-refractivity contribution in [1.29, 1.82) is 0 Å². The molecule has 10 atom stereocenters. The predicted molar refractivity (Wildman–Crippen MR) is 122 cm³/mol. The smallest absolute Gasteiger partial charge is 0.109 e. The molecule has 30 heavy (non-hydrogen) atoms. The molecular weight excluding hydrogens is 372 g/mol. The highest BCUT2D eigenvalue weighted by Gasteiger charge is 2.67. The first-order valence-corrected chi connectivity index (χ1v) is 13.1. The summed E-state index contributed by atoms with van der Waals surface area (Å²) in [4.78, 5) is 0. The Labute approximate surface area is 185 Å². The molecule has 4 aliphatic carbocycles. The maximum atomic E-state index is 11.6. The van der Waals surface area contributed by atoms with Crippen LogP contribution in [0.5, 0.6) is 0 Å². The van der Waals surface area contributed by atoms with Gasteiger partial charge in [0.05, 0.1) is 11.7 Å². The summed E-state index contributed by atoms with van der Waals surface area (Å²) in [6.45, 7) is 12.0. The summed E-state index contributed by atoms with van der Waals surface area (Å²) in [6.07, 6.45) is 10.7. The van der Waals surface area contributed by atoms with Crippen LogP contribution in [0.4, 0.5) is 0 Å². The van der Waals surface area contributed by atoms with E-state index in [1.165, 1.54) is 44.9 Å². The molecule has 4 fully saturated rings. The van der Waals surface area contributed by atoms with Crippen LogP contribution in [-0.2, 0) is 0 Å². The molecule has 0 aromatic carbocycles. The third-order valence-electron chi connectivity index (χ3n) is 11.1. The molecule has 3 nitrogen and oxygen atoms in total. The van der Waals surface area contributed by atoms with Crippen molar-refractivity contribution in [3.63, 3.8) is 0 Å². The number of aliphatic hydroxyl groups is 3. The largest absolute Gasteiger partial charge is 0.390 e. The molecule has 4 rings (SSSR count). The summed E-state index contributed by atoms with van der Waals surface area (Å²) in [5.41, 5.74) is -0.907. The van der Waals surface area contributed by atoms with Crippen molar-refractivity contribution in [3.05, 3.63) is 0 Å². The molecule has 0 aromatic heterocycles. The lowest BCUT2D eigenvalue weighted by Gasteiger charge is -2.65. The highest BCUT2D eigenvalue weighted by Crippen LogP contribution is 2.69. The van der Waals surface area contributed by atoms with E-state index in [2.05, 4.69) is 34.6 Å². The lowest BCUT2D eigenvalue weighted by atomic mass is 9.42. The highest BCUT2D eigenvalue weighted by atomic mass is 16.4. The molecule has 0 spiro atoms. The first-order valence-electron chi connectivity index (χ1n) is 13.1. The summed E-state index contributed by atoms with van der Waals surface area (Å²) in [7, 11) is 0. The van der Waals surface area contributed by atoms with Gasteiger partial charge in [-0.05, 0) is 92.3 Å². The molecule has 0 radical (unpaired) electrons. The second-order valence-corrected chi connectivity index (χ2v) is 12.8. The first kappa shape index (κ1) is 23.1. The van der Waals surface area contributed by atoms with Crippen molar-refractivity contribution in [2.45, 2.75) is 123 Å². The van der Waals surface area contributed by atoms with Crippen LogP contribution in [0.3, 0.4) is 0 Å². The molecule has 3 unspecified atom stereocenters. The van der Waals surface area contributed by atoms with Crippen LogP contribution in [0.25, 0.3) is 0 Å². The molecule has 3 N–H and O–H groups in total. The van der Waals surface area contributed by atoms with E-state index in [0.29, 0.717) is 30.1 Å². The van der Waals surface area contributed by atoms with Crippen LogP contribution in [-0.4, -0.2) is 33.1 Å². The van der Waals surface area contributed by atoms with Gasteiger partial charge in [-0.1, -0.05) is 53.9 Å². The standard InChI is InChI=1S/C27H48O3/c1-17(2)7-6-8-18(3)20-9-10-21-19-11-16-27(30)24(29)23(28)13-15-26(27,5)22(19)12-14-25(20,21)4/h17-24,28-30H,6-16H2,1-5H3/t18-,19+,20-,21+,22+,23?,24?,25-,26-,27?/m1/s1. The van der Waals surface area contributed by atoms with E-state index < -0.39 is 17.8 Å². The van der Waals surface area contributed by atoms with Crippen molar-refractivity contribution in [1.82, 2.24) is 0 Å². The van der Waals surface area contributed by atoms with Crippen molar-refractivity contribution < 1.29 is 15.3 Å². The fourth-order valence-electron chi connectivity index (χ4n) is 9.31. The van der Waals surface area contributed by atoms with E-state index in [0.717, 1.165) is 36.5 Å². The van der Waals surface area contributed by atoms with E-state index in [-0.39, 0.29) is 5.41 Å². The number of fused-ring (bicyclic) bond motifs is 5. The Balaban J connectivity index is 1.51. The van der Waals surface area contributed by atoms with Gasteiger partial charge < -0.3 is 15.3 Å². The summed E-state index contributed by atoms with van der Waals surface area (Å²) >= 11 is 0. The molecule has 4 aliphatic rings. The molecule has 0 heterocycles. The fourth-order valence-corrected chi connectivity index (χ4v) is 9.31. The Bertz CT molecular complexity index is 619. The van der Waals surface area contributed by atoms with E-state index >= 15 is 0 Å². The number of rotatable bonds is 5.